The molecule has 0 aliphatic carbocycles. The Hall–Kier alpha value is -1.13. The summed E-state index contributed by atoms with van der Waals surface area (Å²) in [6.45, 7) is 7.29. The summed E-state index contributed by atoms with van der Waals surface area (Å²) in [5.41, 5.74) is 10.4. The number of hydrogen-bond donors (Lipinski definition) is 1. The predicted octanol–water partition coefficient (Wildman–Crippen LogP) is 3.65. The molecule has 2 rings (SSSR count). The van der Waals surface area contributed by atoms with E-state index < -0.39 is 0 Å². The molecule has 2 N–H and O–H groups in total. The SMILES string of the molecule is Cn1nc(-c2ccc(C(C)(C)C)cc2)c(Br)c1CCN. The van der Waals surface area contributed by atoms with Gasteiger partial charge in [0.05, 0.1) is 10.2 Å². The molecule has 0 atom stereocenters. The van der Waals surface area contributed by atoms with Gasteiger partial charge in [-0.25, -0.2) is 0 Å². The van der Waals surface area contributed by atoms with Gasteiger partial charge in [0, 0.05) is 19.0 Å². The van der Waals surface area contributed by atoms with Crippen LogP contribution in [0, 0.1) is 0 Å². The molecule has 0 aliphatic heterocycles. The third-order valence-electron chi connectivity index (χ3n) is 3.51. The van der Waals surface area contributed by atoms with E-state index >= 15 is 0 Å². The van der Waals surface area contributed by atoms with Crippen molar-refractivity contribution in [2.75, 3.05) is 6.54 Å². The molecule has 3 nitrogen and oxygen atoms in total. The molecule has 1 aromatic heterocycles. The molecule has 0 saturated heterocycles. The molecule has 0 radical (unpaired) electrons. The molecule has 0 aliphatic rings. The van der Waals surface area contributed by atoms with Crippen molar-refractivity contribution in [3.8, 4) is 11.3 Å². The molecule has 0 saturated carbocycles. The van der Waals surface area contributed by atoms with Gasteiger partial charge in [0.2, 0.25) is 0 Å². The lowest BCUT2D eigenvalue weighted by atomic mass is 9.86. The van der Waals surface area contributed by atoms with Crippen molar-refractivity contribution in [2.45, 2.75) is 32.6 Å². The first-order valence-electron chi connectivity index (χ1n) is 6.87. The Morgan fingerprint density at radius 2 is 1.80 bits per heavy atom. The Morgan fingerprint density at radius 3 is 2.30 bits per heavy atom. The van der Waals surface area contributed by atoms with E-state index in [0.29, 0.717) is 6.54 Å². The van der Waals surface area contributed by atoms with Crippen molar-refractivity contribution in [1.29, 1.82) is 0 Å². The normalized spacial score (nSPS) is 11.9. The van der Waals surface area contributed by atoms with E-state index in [0.717, 1.165) is 27.8 Å². The number of halogens is 1. The number of aromatic nitrogens is 2. The summed E-state index contributed by atoms with van der Waals surface area (Å²) in [4.78, 5) is 0. The molecule has 0 fully saturated rings. The van der Waals surface area contributed by atoms with E-state index in [1.54, 1.807) is 0 Å². The van der Waals surface area contributed by atoms with Crippen LogP contribution in [-0.2, 0) is 18.9 Å². The van der Waals surface area contributed by atoms with Gasteiger partial charge < -0.3 is 5.73 Å². The topological polar surface area (TPSA) is 43.8 Å². The number of benzene rings is 1. The summed E-state index contributed by atoms with van der Waals surface area (Å²) in [5.74, 6) is 0. The van der Waals surface area contributed by atoms with Gasteiger partial charge in [-0.1, -0.05) is 45.0 Å². The van der Waals surface area contributed by atoms with E-state index in [-0.39, 0.29) is 5.41 Å². The average Bonchev–Trinajstić information content (AvgIpc) is 2.66. The second kappa shape index (κ2) is 5.70. The highest BCUT2D eigenvalue weighted by atomic mass is 79.9. The van der Waals surface area contributed by atoms with Crippen LogP contribution >= 0.6 is 15.9 Å². The molecular weight excluding hydrogens is 314 g/mol. The van der Waals surface area contributed by atoms with Crippen LogP contribution in [0.4, 0.5) is 0 Å². The maximum absolute atomic E-state index is 5.65. The van der Waals surface area contributed by atoms with Crippen LogP contribution in [0.2, 0.25) is 0 Å². The van der Waals surface area contributed by atoms with Gasteiger partial charge in [-0.05, 0) is 33.5 Å². The lowest BCUT2D eigenvalue weighted by Crippen LogP contribution is -2.10. The summed E-state index contributed by atoms with van der Waals surface area (Å²) in [5, 5.41) is 4.61. The van der Waals surface area contributed by atoms with Crippen LogP contribution in [-0.4, -0.2) is 16.3 Å². The Labute approximate surface area is 129 Å². The minimum atomic E-state index is 0.171. The summed E-state index contributed by atoms with van der Waals surface area (Å²) < 4.78 is 2.96. The number of rotatable bonds is 3. The number of aryl methyl sites for hydroxylation is 1. The Bertz CT molecular complexity index is 591. The van der Waals surface area contributed by atoms with Crippen LogP contribution < -0.4 is 5.73 Å². The first kappa shape index (κ1) is 15.3. The fraction of sp³-hybridized carbons (Fsp3) is 0.438. The van der Waals surface area contributed by atoms with Gasteiger partial charge in [-0.3, -0.25) is 4.68 Å². The molecule has 108 valence electrons. The van der Waals surface area contributed by atoms with E-state index in [9.17, 15) is 0 Å². The third kappa shape index (κ3) is 2.96. The lowest BCUT2D eigenvalue weighted by molar-refractivity contribution is 0.590. The van der Waals surface area contributed by atoms with Gasteiger partial charge in [-0.15, -0.1) is 0 Å². The number of hydrogen-bond acceptors (Lipinski definition) is 2. The Morgan fingerprint density at radius 1 is 1.20 bits per heavy atom. The fourth-order valence-corrected chi connectivity index (χ4v) is 3.02. The van der Waals surface area contributed by atoms with Crippen LogP contribution in [0.3, 0.4) is 0 Å². The van der Waals surface area contributed by atoms with Crippen LogP contribution in [0.15, 0.2) is 28.7 Å². The molecule has 2 aromatic rings. The van der Waals surface area contributed by atoms with Gasteiger partial charge in [0.25, 0.3) is 0 Å². The van der Waals surface area contributed by atoms with E-state index in [1.165, 1.54) is 5.56 Å². The van der Waals surface area contributed by atoms with E-state index in [2.05, 4.69) is 66.1 Å². The molecule has 1 heterocycles. The maximum Gasteiger partial charge on any atom is 0.107 e. The molecule has 0 bridgehead atoms. The molecular formula is C16H22BrN3. The first-order valence-corrected chi connectivity index (χ1v) is 7.66. The average molecular weight is 336 g/mol. The molecule has 0 unspecified atom stereocenters. The molecule has 1 aromatic carbocycles. The van der Waals surface area contributed by atoms with Crippen molar-refractivity contribution in [3.63, 3.8) is 0 Å². The van der Waals surface area contributed by atoms with Crippen molar-refractivity contribution in [3.05, 3.63) is 40.0 Å². The quantitative estimate of drug-likeness (QED) is 0.930. The van der Waals surface area contributed by atoms with Crippen LogP contribution in [0.5, 0.6) is 0 Å². The highest BCUT2D eigenvalue weighted by molar-refractivity contribution is 9.10. The molecule has 0 spiro atoms. The predicted molar refractivity (Wildman–Crippen MR) is 87.8 cm³/mol. The highest BCUT2D eigenvalue weighted by Crippen LogP contribution is 2.32. The summed E-state index contributed by atoms with van der Waals surface area (Å²) in [6.07, 6.45) is 0.824. The zero-order chi connectivity index (χ0) is 14.9. The third-order valence-corrected chi connectivity index (χ3v) is 4.34. The van der Waals surface area contributed by atoms with Crippen LogP contribution in [0.25, 0.3) is 11.3 Å². The monoisotopic (exact) mass is 335 g/mol. The van der Waals surface area contributed by atoms with Crippen molar-refractivity contribution >= 4 is 15.9 Å². The van der Waals surface area contributed by atoms with Crippen molar-refractivity contribution in [2.24, 2.45) is 12.8 Å². The van der Waals surface area contributed by atoms with Crippen molar-refractivity contribution in [1.82, 2.24) is 9.78 Å². The minimum absolute atomic E-state index is 0.171. The number of nitrogens with two attached hydrogens (primary N) is 1. The lowest BCUT2D eigenvalue weighted by Gasteiger charge is -2.18. The largest absolute Gasteiger partial charge is 0.330 e. The van der Waals surface area contributed by atoms with Gasteiger partial charge >= 0.3 is 0 Å². The summed E-state index contributed by atoms with van der Waals surface area (Å²) in [6, 6.07) is 8.64. The summed E-state index contributed by atoms with van der Waals surface area (Å²) >= 11 is 3.66. The van der Waals surface area contributed by atoms with Gasteiger partial charge in [-0.2, -0.15) is 5.10 Å². The standard InChI is InChI=1S/C16H22BrN3/c1-16(2,3)12-7-5-11(6-8-12)15-14(17)13(9-10-18)20(4)19-15/h5-8H,9-10,18H2,1-4H3. The van der Waals surface area contributed by atoms with Gasteiger partial charge in [0.1, 0.15) is 5.69 Å². The first-order chi connectivity index (χ1) is 9.34. The smallest absolute Gasteiger partial charge is 0.107 e. The minimum Gasteiger partial charge on any atom is -0.330 e. The number of nitrogens with zero attached hydrogens (tertiary/aromatic N) is 2. The second-order valence-corrected chi connectivity index (χ2v) is 6.89. The van der Waals surface area contributed by atoms with E-state index in [1.807, 2.05) is 11.7 Å². The molecule has 20 heavy (non-hydrogen) atoms. The Kier molecular flexibility index (Phi) is 4.35. The molecule has 0 amide bonds. The molecule has 4 heteroatoms. The van der Waals surface area contributed by atoms with Crippen molar-refractivity contribution < 1.29 is 0 Å². The zero-order valence-corrected chi connectivity index (χ0v) is 14.2. The van der Waals surface area contributed by atoms with E-state index in [4.69, 9.17) is 5.73 Å². The zero-order valence-electron chi connectivity index (χ0n) is 12.6. The second-order valence-electron chi connectivity index (χ2n) is 6.10. The highest BCUT2D eigenvalue weighted by Gasteiger charge is 2.17. The fourth-order valence-electron chi connectivity index (χ4n) is 2.25. The summed E-state index contributed by atoms with van der Waals surface area (Å²) in [7, 11) is 1.96. The van der Waals surface area contributed by atoms with Gasteiger partial charge in [0.15, 0.2) is 0 Å². The Balaban J connectivity index is 2.40. The maximum atomic E-state index is 5.65. The van der Waals surface area contributed by atoms with Crippen LogP contribution in [0.1, 0.15) is 32.0 Å².